The van der Waals surface area contributed by atoms with E-state index in [9.17, 15) is 0 Å². The van der Waals surface area contributed by atoms with Gasteiger partial charge in [0.25, 0.3) is 0 Å². The second-order valence-electron chi connectivity index (χ2n) is 4.82. The fourth-order valence-electron chi connectivity index (χ4n) is 2.00. The van der Waals surface area contributed by atoms with E-state index < -0.39 is 0 Å². The van der Waals surface area contributed by atoms with E-state index in [0.717, 1.165) is 6.54 Å². The van der Waals surface area contributed by atoms with Crippen LogP contribution >= 0.6 is 27.3 Å². The van der Waals surface area contributed by atoms with Gasteiger partial charge in [-0.2, -0.15) is 0 Å². The van der Waals surface area contributed by atoms with E-state index in [-0.39, 0.29) is 0 Å². The smallest absolute Gasteiger partial charge is 0.0339 e. The lowest BCUT2D eigenvalue weighted by Gasteiger charge is -2.19. The largest absolute Gasteiger partial charge is 0.298 e. The van der Waals surface area contributed by atoms with Crippen molar-refractivity contribution in [3.63, 3.8) is 0 Å². The van der Waals surface area contributed by atoms with Gasteiger partial charge in [-0.25, -0.2) is 0 Å². The minimum atomic E-state index is 0.518. The Kier molecular flexibility index (Phi) is 3.01. The van der Waals surface area contributed by atoms with Crippen molar-refractivity contribution in [2.75, 3.05) is 13.1 Å². The zero-order valence-electron chi connectivity index (χ0n) is 8.72. The van der Waals surface area contributed by atoms with E-state index in [4.69, 9.17) is 0 Å². The molecule has 3 heteroatoms. The highest BCUT2D eigenvalue weighted by Crippen LogP contribution is 2.32. The fourth-order valence-corrected chi connectivity index (χ4v) is 3.52. The number of hydrogen-bond donors (Lipinski definition) is 0. The minimum Gasteiger partial charge on any atom is -0.298 e. The van der Waals surface area contributed by atoms with Crippen molar-refractivity contribution in [3.8, 4) is 0 Å². The second kappa shape index (κ2) is 3.95. The van der Waals surface area contributed by atoms with E-state index in [0.29, 0.717) is 5.41 Å². The van der Waals surface area contributed by atoms with Gasteiger partial charge in [0.15, 0.2) is 0 Å². The van der Waals surface area contributed by atoms with Gasteiger partial charge in [-0.1, -0.05) is 13.8 Å². The van der Waals surface area contributed by atoms with E-state index >= 15 is 0 Å². The van der Waals surface area contributed by atoms with Gasteiger partial charge in [0.2, 0.25) is 0 Å². The summed E-state index contributed by atoms with van der Waals surface area (Å²) < 4.78 is 1.27. The Balaban J connectivity index is 1.97. The van der Waals surface area contributed by atoms with E-state index in [1.807, 2.05) is 11.3 Å². The molecule has 0 N–H and O–H groups in total. The van der Waals surface area contributed by atoms with Crippen LogP contribution in [0.1, 0.15) is 25.1 Å². The molecule has 78 valence electrons. The summed E-state index contributed by atoms with van der Waals surface area (Å²) in [5.41, 5.74) is 0.518. The van der Waals surface area contributed by atoms with Crippen molar-refractivity contribution in [1.82, 2.24) is 4.90 Å². The van der Waals surface area contributed by atoms with Gasteiger partial charge in [-0.3, -0.25) is 4.90 Å². The molecule has 0 aromatic carbocycles. The summed E-state index contributed by atoms with van der Waals surface area (Å²) in [6.45, 7) is 8.31. The fraction of sp³-hybridized carbons (Fsp3) is 0.636. The molecule has 0 bridgehead atoms. The van der Waals surface area contributed by atoms with Gasteiger partial charge in [0, 0.05) is 22.4 Å². The van der Waals surface area contributed by atoms with Crippen LogP contribution in [-0.2, 0) is 6.54 Å². The molecule has 1 nitrogen and oxygen atoms in total. The summed E-state index contributed by atoms with van der Waals surface area (Å²) in [5.74, 6) is 0. The predicted molar refractivity (Wildman–Crippen MR) is 65.7 cm³/mol. The summed E-state index contributed by atoms with van der Waals surface area (Å²) in [6.07, 6.45) is 1.33. The van der Waals surface area contributed by atoms with Gasteiger partial charge in [0.05, 0.1) is 0 Å². The van der Waals surface area contributed by atoms with Crippen LogP contribution in [0.2, 0.25) is 0 Å². The average Bonchev–Trinajstić information content (AvgIpc) is 2.61. The van der Waals surface area contributed by atoms with Crippen molar-refractivity contribution in [3.05, 3.63) is 20.8 Å². The molecule has 1 aliphatic rings. The molecule has 2 rings (SSSR count). The molecule has 0 amide bonds. The van der Waals surface area contributed by atoms with Crippen molar-refractivity contribution >= 4 is 27.3 Å². The summed E-state index contributed by atoms with van der Waals surface area (Å²) in [7, 11) is 0. The van der Waals surface area contributed by atoms with Crippen molar-refractivity contribution in [2.45, 2.75) is 26.8 Å². The first kappa shape index (κ1) is 10.7. The molecule has 2 heterocycles. The van der Waals surface area contributed by atoms with E-state index in [1.54, 1.807) is 0 Å². The first-order valence-electron chi connectivity index (χ1n) is 5.01. The topological polar surface area (TPSA) is 3.24 Å². The van der Waals surface area contributed by atoms with Crippen LogP contribution in [0, 0.1) is 5.41 Å². The maximum atomic E-state index is 3.59. The Labute approximate surface area is 98.2 Å². The van der Waals surface area contributed by atoms with Crippen LogP contribution in [-0.4, -0.2) is 18.0 Å². The lowest BCUT2D eigenvalue weighted by atomic mass is 9.93. The molecule has 0 spiro atoms. The minimum absolute atomic E-state index is 0.518. The van der Waals surface area contributed by atoms with Crippen LogP contribution in [0.3, 0.4) is 0 Å². The SMILES string of the molecule is CC1(C)CCN(Cc2sccc2Br)C1. The quantitative estimate of drug-likeness (QED) is 0.794. The Bertz CT molecular complexity index is 319. The van der Waals surface area contributed by atoms with Crippen molar-refractivity contribution in [1.29, 1.82) is 0 Å². The van der Waals surface area contributed by atoms with Gasteiger partial charge < -0.3 is 0 Å². The van der Waals surface area contributed by atoms with Crippen molar-refractivity contribution < 1.29 is 0 Å². The average molecular weight is 274 g/mol. The van der Waals surface area contributed by atoms with E-state index in [1.165, 1.54) is 28.9 Å². The summed E-state index contributed by atoms with van der Waals surface area (Å²) >= 11 is 5.43. The predicted octanol–water partition coefficient (Wildman–Crippen LogP) is 3.74. The third kappa shape index (κ3) is 2.38. The summed E-state index contributed by atoms with van der Waals surface area (Å²) in [5, 5.41) is 2.15. The highest BCUT2D eigenvalue weighted by molar-refractivity contribution is 9.10. The monoisotopic (exact) mass is 273 g/mol. The second-order valence-corrected chi connectivity index (χ2v) is 6.67. The first-order chi connectivity index (χ1) is 6.57. The molecule has 14 heavy (non-hydrogen) atoms. The number of thiophene rings is 1. The van der Waals surface area contributed by atoms with E-state index in [2.05, 4.69) is 46.1 Å². The zero-order chi connectivity index (χ0) is 10.2. The molecule has 1 saturated heterocycles. The molecular weight excluding hydrogens is 258 g/mol. The highest BCUT2D eigenvalue weighted by atomic mass is 79.9. The normalized spacial score (nSPS) is 21.6. The number of hydrogen-bond acceptors (Lipinski definition) is 2. The summed E-state index contributed by atoms with van der Waals surface area (Å²) in [4.78, 5) is 4.01. The molecule has 1 fully saturated rings. The summed E-state index contributed by atoms with van der Waals surface area (Å²) in [6, 6.07) is 2.14. The standard InChI is InChI=1S/C11H16BrNS/c1-11(2)4-5-13(8-11)7-10-9(12)3-6-14-10/h3,6H,4-5,7-8H2,1-2H3. The zero-order valence-corrected chi connectivity index (χ0v) is 11.1. The number of nitrogens with zero attached hydrogens (tertiary/aromatic N) is 1. The molecule has 0 saturated carbocycles. The molecule has 0 atom stereocenters. The molecule has 0 aliphatic carbocycles. The highest BCUT2D eigenvalue weighted by Gasteiger charge is 2.29. The number of likely N-dealkylation sites (tertiary alicyclic amines) is 1. The molecular formula is C11H16BrNS. The Morgan fingerprint density at radius 1 is 1.57 bits per heavy atom. The molecule has 1 aliphatic heterocycles. The van der Waals surface area contributed by atoms with Gasteiger partial charge >= 0.3 is 0 Å². The maximum absolute atomic E-state index is 3.59. The third-order valence-electron chi connectivity index (χ3n) is 2.81. The molecule has 0 unspecified atom stereocenters. The molecule has 0 radical (unpaired) electrons. The molecule has 1 aromatic rings. The Hall–Kier alpha value is 0.140. The number of halogens is 1. The van der Waals surface area contributed by atoms with Gasteiger partial charge in [-0.15, -0.1) is 11.3 Å². The lowest BCUT2D eigenvalue weighted by molar-refractivity contribution is 0.286. The Morgan fingerprint density at radius 3 is 2.86 bits per heavy atom. The first-order valence-corrected chi connectivity index (χ1v) is 6.68. The van der Waals surface area contributed by atoms with Crippen LogP contribution in [0.4, 0.5) is 0 Å². The van der Waals surface area contributed by atoms with Gasteiger partial charge in [0.1, 0.15) is 0 Å². The number of rotatable bonds is 2. The van der Waals surface area contributed by atoms with Crippen LogP contribution in [0.5, 0.6) is 0 Å². The van der Waals surface area contributed by atoms with Crippen LogP contribution in [0.25, 0.3) is 0 Å². The third-order valence-corrected chi connectivity index (χ3v) is 4.73. The Morgan fingerprint density at radius 2 is 2.36 bits per heavy atom. The van der Waals surface area contributed by atoms with Crippen molar-refractivity contribution in [2.24, 2.45) is 5.41 Å². The maximum Gasteiger partial charge on any atom is 0.0339 e. The lowest BCUT2D eigenvalue weighted by Crippen LogP contribution is -2.22. The van der Waals surface area contributed by atoms with Gasteiger partial charge in [-0.05, 0) is 45.8 Å². The van der Waals surface area contributed by atoms with Crippen LogP contribution < -0.4 is 0 Å². The molecule has 1 aromatic heterocycles. The van der Waals surface area contributed by atoms with Crippen LogP contribution in [0.15, 0.2) is 15.9 Å².